The number of hydrogen-bond donors (Lipinski definition) is 1. The fourth-order valence-corrected chi connectivity index (χ4v) is 5.13. The smallest absolute Gasteiger partial charge is 0.251 e. The lowest BCUT2D eigenvalue weighted by molar-refractivity contribution is 0.0935. The molecule has 0 spiro atoms. The summed E-state index contributed by atoms with van der Waals surface area (Å²) in [4.78, 5) is 26.3. The summed E-state index contributed by atoms with van der Waals surface area (Å²) in [6.07, 6.45) is 1.19. The lowest BCUT2D eigenvalue weighted by atomic mass is 9.95. The van der Waals surface area contributed by atoms with Crippen molar-refractivity contribution in [1.29, 1.82) is 0 Å². The molecule has 0 saturated carbocycles. The van der Waals surface area contributed by atoms with Gasteiger partial charge in [0.2, 0.25) is 11.2 Å². The minimum Gasteiger partial charge on any atom is -0.493 e. The summed E-state index contributed by atoms with van der Waals surface area (Å²) in [5.74, 6) is 1.53. The van der Waals surface area contributed by atoms with Crippen LogP contribution >= 0.6 is 22.6 Å². The average Bonchev–Trinajstić information content (AvgIpc) is 3.15. The van der Waals surface area contributed by atoms with Gasteiger partial charge in [-0.2, -0.15) is 0 Å². The Balaban J connectivity index is 1.91. The Kier molecular flexibility index (Phi) is 8.03. The van der Waals surface area contributed by atoms with E-state index in [1.807, 2.05) is 30.3 Å². The predicted octanol–water partition coefficient (Wildman–Crippen LogP) is 5.10. The van der Waals surface area contributed by atoms with E-state index in [4.69, 9.17) is 18.9 Å². The quantitative estimate of drug-likeness (QED) is 0.300. The minimum absolute atomic E-state index is 0.198. The summed E-state index contributed by atoms with van der Waals surface area (Å²) in [7, 11) is 6.17. The van der Waals surface area contributed by atoms with Crippen molar-refractivity contribution in [3.8, 4) is 34.1 Å². The monoisotopic (exact) mass is 601 g/mol. The summed E-state index contributed by atoms with van der Waals surface area (Å²) in [6, 6.07) is 14.1. The van der Waals surface area contributed by atoms with Crippen molar-refractivity contribution >= 4 is 28.5 Å². The zero-order valence-corrected chi connectivity index (χ0v) is 22.8. The van der Waals surface area contributed by atoms with Crippen LogP contribution in [0.5, 0.6) is 23.0 Å². The lowest BCUT2D eigenvalue weighted by Gasteiger charge is -2.20. The van der Waals surface area contributed by atoms with Gasteiger partial charge in [-0.15, -0.1) is 0 Å². The van der Waals surface area contributed by atoms with Gasteiger partial charge in [-0.3, -0.25) is 9.59 Å². The molecule has 3 aromatic rings. The molecule has 0 unspecified atom stereocenters. The van der Waals surface area contributed by atoms with Gasteiger partial charge in [0, 0.05) is 15.6 Å². The highest BCUT2D eigenvalue weighted by molar-refractivity contribution is 14.1. The second kappa shape index (κ2) is 11.2. The fourth-order valence-electron chi connectivity index (χ4n) is 4.65. The number of ether oxygens (including phenoxy) is 4. The van der Waals surface area contributed by atoms with Gasteiger partial charge >= 0.3 is 0 Å². The number of rotatable bonds is 7. The molecular formula is C28H28INO6. The van der Waals surface area contributed by atoms with Crippen molar-refractivity contribution < 1.29 is 23.7 Å². The molecule has 0 radical (unpaired) electrons. The third-order valence-electron chi connectivity index (χ3n) is 6.37. The number of amides is 1. The van der Waals surface area contributed by atoms with Gasteiger partial charge in [0.25, 0.3) is 5.91 Å². The average molecular weight is 601 g/mol. The number of fused-ring (bicyclic) bond motifs is 3. The largest absolute Gasteiger partial charge is 0.493 e. The molecule has 0 fully saturated rings. The number of methoxy groups -OCH3 is 4. The van der Waals surface area contributed by atoms with Gasteiger partial charge < -0.3 is 24.3 Å². The van der Waals surface area contributed by atoms with Crippen LogP contribution in [-0.2, 0) is 10.8 Å². The Morgan fingerprint density at radius 3 is 2.36 bits per heavy atom. The molecule has 8 heteroatoms. The molecule has 1 aliphatic carbocycles. The van der Waals surface area contributed by atoms with Crippen molar-refractivity contribution in [1.82, 2.24) is 5.32 Å². The first-order valence-electron chi connectivity index (χ1n) is 11.5. The summed E-state index contributed by atoms with van der Waals surface area (Å²) in [6.45, 7) is 0. The molecule has 3 aromatic carbocycles. The van der Waals surface area contributed by atoms with Crippen molar-refractivity contribution in [2.45, 2.75) is 23.3 Å². The molecule has 0 saturated heterocycles. The third kappa shape index (κ3) is 4.86. The highest BCUT2D eigenvalue weighted by atomic mass is 127. The van der Waals surface area contributed by atoms with Crippen molar-refractivity contribution in [3.63, 3.8) is 0 Å². The molecule has 0 heterocycles. The van der Waals surface area contributed by atoms with Gasteiger partial charge in [-0.1, -0.05) is 40.8 Å². The standard InChI is InChI=1S/C28H28INO6/c1-33-23-11-9-19-20(14-22(23)31)21(30-28(32)18-7-5-6-16(12-18)15-29)10-8-17-13-24(34-2)26(35-3)27(36-4)25(17)19/h5-7,9,11-14,21H,8,10,15H2,1-4H3,(H,30,32)/t21-/m0/s1. The van der Waals surface area contributed by atoms with Crippen molar-refractivity contribution in [2.24, 2.45) is 0 Å². The Morgan fingerprint density at radius 1 is 0.944 bits per heavy atom. The molecule has 0 aliphatic heterocycles. The van der Waals surface area contributed by atoms with Crippen LogP contribution in [0, 0.1) is 0 Å². The molecule has 0 aromatic heterocycles. The lowest BCUT2D eigenvalue weighted by Crippen LogP contribution is -2.29. The van der Waals surface area contributed by atoms with E-state index in [9.17, 15) is 9.59 Å². The van der Waals surface area contributed by atoms with E-state index in [2.05, 4.69) is 27.9 Å². The zero-order chi connectivity index (χ0) is 25.8. The molecule has 7 nitrogen and oxygen atoms in total. The number of alkyl halides is 1. The maximum Gasteiger partial charge on any atom is 0.251 e. The number of halogens is 1. The third-order valence-corrected chi connectivity index (χ3v) is 7.25. The molecule has 1 amide bonds. The van der Waals surface area contributed by atoms with Gasteiger partial charge in [0.1, 0.15) is 0 Å². The highest BCUT2D eigenvalue weighted by Gasteiger charge is 2.30. The van der Waals surface area contributed by atoms with E-state index in [1.54, 1.807) is 39.5 Å². The van der Waals surface area contributed by atoms with Gasteiger partial charge in [0.05, 0.1) is 34.5 Å². The van der Waals surface area contributed by atoms with Crippen LogP contribution in [0.4, 0.5) is 0 Å². The second-order valence-corrected chi connectivity index (χ2v) is 9.12. The number of nitrogens with one attached hydrogen (secondary N) is 1. The number of benzene rings is 2. The maximum atomic E-state index is 13.3. The molecule has 1 atom stereocenters. The predicted molar refractivity (Wildman–Crippen MR) is 147 cm³/mol. The van der Waals surface area contributed by atoms with E-state index in [0.29, 0.717) is 41.2 Å². The molecule has 4 rings (SSSR count). The fraction of sp³-hybridized carbons (Fsp3) is 0.286. The Bertz CT molecular complexity index is 1360. The molecule has 1 N–H and O–H groups in total. The van der Waals surface area contributed by atoms with E-state index < -0.39 is 6.04 Å². The first kappa shape index (κ1) is 25.8. The summed E-state index contributed by atoms with van der Waals surface area (Å²) >= 11 is 2.27. The van der Waals surface area contributed by atoms with E-state index >= 15 is 0 Å². The van der Waals surface area contributed by atoms with Gasteiger partial charge in [-0.25, -0.2) is 0 Å². The maximum absolute atomic E-state index is 13.3. The van der Waals surface area contributed by atoms with Crippen LogP contribution in [0.2, 0.25) is 0 Å². The number of hydrogen-bond acceptors (Lipinski definition) is 6. The number of carbonyl (C=O) groups is 1. The Hall–Kier alpha value is -3.27. The molecule has 36 heavy (non-hydrogen) atoms. The normalized spacial score (nSPS) is 14.1. The SMILES string of the molecule is COc1cc2c(c(OC)c1OC)-c1ccc(OC)c(=O)cc1[C@@H](NC(=O)c1cccc(CI)c1)CC2. The van der Waals surface area contributed by atoms with Crippen LogP contribution in [-0.4, -0.2) is 34.3 Å². The topological polar surface area (TPSA) is 83.1 Å². The number of aryl methyl sites for hydroxylation is 1. The molecular weight excluding hydrogens is 573 g/mol. The molecule has 0 bridgehead atoms. The van der Waals surface area contributed by atoms with E-state index in [0.717, 1.165) is 26.7 Å². The van der Waals surface area contributed by atoms with E-state index in [-0.39, 0.29) is 17.1 Å². The first-order valence-corrected chi connectivity index (χ1v) is 13.0. The van der Waals surface area contributed by atoms with Crippen molar-refractivity contribution in [3.05, 3.63) is 81.0 Å². The van der Waals surface area contributed by atoms with Crippen LogP contribution in [0.25, 0.3) is 11.1 Å². The van der Waals surface area contributed by atoms with Crippen LogP contribution in [0.1, 0.15) is 39.5 Å². The van der Waals surface area contributed by atoms with Gasteiger partial charge in [0.15, 0.2) is 17.2 Å². The second-order valence-electron chi connectivity index (χ2n) is 8.36. The minimum atomic E-state index is -0.422. The van der Waals surface area contributed by atoms with E-state index in [1.165, 1.54) is 7.11 Å². The Labute approximate surface area is 223 Å². The number of carbonyl (C=O) groups excluding carboxylic acids is 1. The van der Waals surface area contributed by atoms with Crippen LogP contribution in [0.15, 0.2) is 53.3 Å². The molecule has 1 aliphatic rings. The zero-order valence-electron chi connectivity index (χ0n) is 20.6. The highest BCUT2D eigenvalue weighted by Crippen LogP contribution is 2.50. The first-order chi connectivity index (χ1) is 17.4. The molecule has 188 valence electrons. The summed E-state index contributed by atoms with van der Waals surface area (Å²) in [5.41, 5.74) is 4.58. The van der Waals surface area contributed by atoms with Gasteiger partial charge in [-0.05, 0) is 65.4 Å². The Morgan fingerprint density at radius 2 is 1.69 bits per heavy atom. The van der Waals surface area contributed by atoms with Crippen molar-refractivity contribution in [2.75, 3.05) is 28.4 Å². The summed E-state index contributed by atoms with van der Waals surface area (Å²) < 4.78 is 23.1. The van der Waals surface area contributed by atoms with Crippen LogP contribution in [0.3, 0.4) is 0 Å². The summed E-state index contributed by atoms with van der Waals surface area (Å²) in [5, 5.41) is 3.17. The van der Waals surface area contributed by atoms with Crippen LogP contribution < -0.4 is 29.7 Å².